The van der Waals surface area contributed by atoms with Gasteiger partial charge in [0, 0.05) is 12.1 Å². The van der Waals surface area contributed by atoms with E-state index >= 15 is 0 Å². The number of furan rings is 1. The van der Waals surface area contributed by atoms with E-state index in [0.29, 0.717) is 29.6 Å². The highest BCUT2D eigenvalue weighted by Gasteiger charge is 2.31. The van der Waals surface area contributed by atoms with Gasteiger partial charge in [-0.15, -0.1) is 13.2 Å². The number of alkyl halides is 3. The molecule has 7 nitrogen and oxygen atoms in total. The van der Waals surface area contributed by atoms with Crippen molar-refractivity contribution < 1.29 is 31.9 Å². The van der Waals surface area contributed by atoms with Crippen molar-refractivity contribution in [3.63, 3.8) is 0 Å². The third-order valence-corrected chi connectivity index (χ3v) is 3.75. The number of methoxy groups -OCH3 is 1. The summed E-state index contributed by atoms with van der Waals surface area (Å²) in [5, 5.41) is 5.99. The summed E-state index contributed by atoms with van der Waals surface area (Å²) in [7, 11) is 1.28. The predicted molar refractivity (Wildman–Crippen MR) is 99.6 cm³/mol. The van der Waals surface area contributed by atoms with Crippen LogP contribution in [0, 0.1) is 6.92 Å². The molecule has 0 aliphatic carbocycles. The largest absolute Gasteiger partial charge is 0.573 e. The smallest absolute Gasteiger partial charge is 0.465 e. The van der Waals surface area contributed by atoms with Crippen LogP contribution in [0.25, 0.3) is 0 Å². The standard InChI is InChI=1S/C19H22F3N3O4/c1-4-23-18(25-11-14-9-15(12(2)28-14)17(26)27-3)24-10-13-7-5-6-8-16(13)29-19(20,21)22/h5-9H,4,10-11H2,1-3H3,(H2,23,24,25). The number of rotatable bonds is 7. The molecule has 0 radical (unpaired) electrons. The van der Waals surface area contributed by atoms with Gasteiger partial charge in [-0.2, -0.15) is 0 Å². The van der Waals surface area contributed by atoms with Crippen molar-refractivity contribution in [1.82, 2.24) is 10.6 Å². The van der Waals surface area contributed by atoms with Gasteiger partial charge >= 0.3 is 12.3 Å². The van der Waals surface area contributed by atoms with Crippen LogP contribution in [0.5, 0.6) is 5.75 Å². The van der Waals surface area contributed by atoms with Crippen LogP contribution in [0.2, 0.25) is 0 Å². The maximum Gasteiger partial charge on any atom is 0.573 e. The molecule has 1 aromatic heterocycles. The number of carbonyl (C=O) groups excluding carboxylic acids is 1. The molecule has 1 aromatic carbocycles. The first kappa shape index (κ1) is 22.1. The number of aryl methyl sites for hydroxylation is 1. The van der Waals surface area contributed by atoms with Gasteiger partial charge < -0.3 is 24.5 Å². The van der Waals surface area contributed by atoms with Crippen molar-refractivity contribution >= 4 is 11.9 Å². The van der Waals surface area contributed by atoms with E-state index in [1.54, 1.807) is 19.1 Å². The molecule has 0 unspecified atom stereocenters. The van der Waals surface area contributed by atoms with Crippen molar-refractivity contribution in [3.8, 4) is 5.75 Å². The molecular weight excluding hydrogens is 391 g/mol. The van der Waals surface area contributed by atoms with Gasteiger partial charge in [0.2, 0.25) is 0 Å². The number of carbonyl (C=O) groups is 1. The molecule has 158 valence electrons. The minimum atomic E-state index is -4.78. The number of para-hydroxylation sites is 1. The van der Waals surface area contributed by atoms with Gasteiger partial charge in [-0.1, -0.05) is 18.2 Å². The van der Waals surface area contributed by atoms with E-state index in [-0.39, 0.29) is 24.4 Å². The molecule has 29 heavy (non-hydrogen) atoms. The van der Waals surface area contributed by atoms with Gasteiger partial charge in [0.15, 0.2) is 5.96 Å². The number of benzene rings is 1. The van der Waals surface area contributed by atoms with Crippen molar-refractivity contribution in [1.29, 1.82) is 0 Å². The van der Waals surface area contributed by atoms with E-state index < -0.39 is 12.3 Å². The normalized spacial score (nSPS) is 11.9. The lowest BCUT2D eigenvalue weighted by Crippen LogP contribution is -2.36. The van der Waals surface area contributed by atoms with Crippen molar-refractivity contribution in [3.05, 3.63) is 53.0 Å². The van der Waals surface area contributed by atoms with Crippen molar-refractivity contribution in [2.45, 2.75) is 33.3 Å². The SMILES string of the molecule is CCNC(=NCc1ccccc1OC(F)(F)F)NCc1cc(C(=O)OC)c(C)o1. The molecule has 0 spiro atoms. The van der Waals surface area contributed by atoms with Crippen LogP contribution < -0.4 is 15.4 Å². The van der Waals surface area contributed by atoms with E-state index in [1.807, 2.05) is 6.92 Å². The molecule has 2 aromatic rings. The Labute approximate surface area is 165 Å². The quantitative estimate of drug-likeness (QED) is 0.410. The van der Waals surface area contributed by atoms with Gasteiger partial charge in [0.25, 0.3) is 0 Å². The molecule has 0 aliphatic heterocycles. The molecule has 0 fully saturated rings. The van der Waals surface area contributed by atoms with Crippen LogP contribution in [0.15, 0.2) is 39.7 Å². The van der Waals surface area contributed by atoms with E-state index in [2.05, 4.69) is 25.1 Å². The van der Waals surface area contributed by atoms with Crippen LogP contribution in [0.4, 0.5) is 13.2 Å². The lowest BCUT2D eigenvalue weighted by molar-refractivity contribution is -0.274. The van der Waals surface area contributed by atoms with E-state index in [1.165, 1.54) is 25.3 Å². The highest BCUT2D eigenvalue weighted by atomic mass is 19.4. The average molecular weight is 413 g/mol. The van der Waals surface area contributed by atoms with E-state index in [9.17, 15) is 18.0 Å². The molecule has 10 heteroatoms. The Balaban J connectivity index is 2.09. The zero-order chi connectivity index (χ0) is 21.4. The summed E-state index contributed by atoms with van der Waals surface area (Å²) >= 11 is 0. The summed E-state index contributed by atoms with van der Waals surface area (Å²) in [6, 6.07) is 7.36. The Morgan fingerprint density at radius 3 is 2.62 bits per heavy atom. The zero-order valence-electron chi connectivity index (χ0n) is 16.2. The highest BCUT2D eigenvalue weighted by molar-refractivity contribution is 5.90. The summed E-state index contributed by atoms with van der Waals surface area (Å²) in [6.45, 7) is 4.21. The number of hydrogen-bond donors (Lipinski definition) is 2. The molecule has 2 N–H and O–H groups in total. The second-order valence-electron chi connectivity index (χ2n) is 5.88. The number of hydrogen-bond acceptors (Lipinski definition) is 5. The van der Waals surface area contributed by atoms with E-state index in [0.717, 1.165) is 0 Å². The maximum absolute atomic E-state index is 12.5. The van der Waals surface area contributed by atoms with Crippen LogP contribution >= 0.6 is 0 Å². The Hall–Kier alpha value is -3.17. The summed E-state index contributed by atoms with van der Waals surface area (Å²) < 4.78 is 51.8. The Morgan fingerprint density at radius 2 is 1.97 bits per heavy atom. The van der Waals surface area contributed by atoms with Crippen LogP contribution in [-0.2, 0) is 17.8 Å². The fraction of sp³-hybridized carbons (Fsp3) is 0.368. The fourth-order valence-corrected chi connectivity index (χ4v) is 2.48. The molecule has 0 bridgehead atoms. The minimum Gasteiger partial charge on any atom is -0.465 e. The molecule has 0 saturated heterocycles. The second kappa shape index (κ2) is 9.85. The monoisotopic (exact) mass is 413 g/mol. The highest BCUT2D eigenvalue weighted by Crippen LogP contribution is 2.26. The molecule has 1 heterocycles. The molecular formula is C19H22F3N3O4. The number of ether oxygens (including phenoxy) is 2. The number of halogens is 3. The molecule has 0 atom stereocenters. The molecule has 0 aliphatic rings. The molecule has 0 amide bonds. The summed E-state index contributed by atoms with van der Waals surface area (Å²) in [5.41, 5.74) is 0.605. The first-order valence-corrected chi connectivity index (χ1v) is 8.77. The second-order valence-corrected chi connectivity index (χ2v) is 5.88. The van der Waals surface area contributed by atoms with Gasteiger partial charge in [-0.3, -0.25) is 0 Å². The Bertz CT molecular complexity index is 863. The average Bonchev–Trinajstić information content (AvgIpc) is 3.04. The minimum absolute atomic E-state index is 0.0355. The number of aliphatic imine (C=N–C) groups is 1. The van der Waals surface area contributed by atoms with Crippen LogP contribution in [0.1, 0.15) is 34.4 Å². The zero-order valence-corrected chi connectivity index (χ0v) is 16.2. The lowest BCUT2D eigenvalue weighted by atomic mass is 10.2. The fourth-order valence-electron chi connectivity index (χ4n) is 2.48. The first-order chi connectivity index (χ1) is 13.7. The number of guanidine groups is 1. The van der Waals surface area contributed by atoms with Gasteiger partial charge in [0.05, 0.1) is 20.2 Å². The summed E-state index contributed by atoms with van der Waals surface area (Å²) in [4.78, 5) is 15.9. The van der Waals surface area contributed by atoms with Crippen molar-refractivity contribution in [2.24, 2.45) is 4.99 Å². The molecule has 0 saturated carbocycles. The predicted octanol–water partition coefficient (Wildman–Crippen LogP) is 3.53. The van der Waals surface area contributed by atoms with Gasteiger partial charge in [0.1, 0.15) is 22.8 Å². The Kier molecular flexibility index (Phi) is 7.52. The third-order valence-electron chi connectivity index (χ3n) is 3.75. The van der Waals surface area contributed by atoms with Gasteiger partial charge in [-0.25, -0.2) is 9.79 Å². The number of esters is 1. The maximum atomic E-state index is 12.5. The number of nitrogens with zero attached hydrogens (tertiary/aromatic N) is 1. The first-order valence-electron chi connectivity index (χ1n) is 8.77. The van der Waals surface area contributed by atoms with Crippen molar-refractivity contribution in [2.75, 3.05) is 13.7 Å². The van der Waals surface area contributed by atoms with Crippen LogP contribution in [-0.4, -0.2) is 31.9 Å². The number of nitrogens with one attached hydrogen (secondary N) is 2. The summed E-state index contributed by atoms with van der Waals surface area (Å²) in [5.74, 6) is 0.467. The third kappa shape index (κ3) is 6.74. The lowest BCUT2D eigenvalue weighted by Gasteiger charge is -2.13. The Morgan fingerprint density at radius 1 is 1.24 bits per heavy atom. The summed E-state index contributed by atoms with van der Waals surface area (Å²) in [6.07, 6.45) is -4.78. The topological polar surface area (TPSA) is 85.1 Å². The van der Waals surface area contributed by atoms with Crippen LogP contribution in [0.3, 0.4) is 0 Å². The molecule has 2 rings (SSSR count). The van der Waals surface area contributed by atoms with Gasteiger partial charge in [-0.05, 0) is 26.0 Å². The van der Waals surface area contributed by atoms with E-state index in [4.69, 9.17) is 4.42 Å².